The number of benzene rings is 1. The standard InChI is InChI=1S/C14H17BrN2O2/c1-8(16)13(9(2)17-3)10-5-11(14(18)19-4)7-12(15)6-10/h5-7,16-17H,1-4H3/b13-9+,16-8?. The third-order valence-corrected chi connectivity index (χ3v) is 3.19. The molecule has 1 rings (SSSR count). The predicted octanol–water partition coefficient (Wildman–Crippen LogP) is 3.23. The number of rotatable bonds is 4. The second-order valence-corrected chi connectivity index (χ2v) is 5.01. The van der Waals surface area contributed by atoms with Crippen LogP contribution in [0.15, 0.2) is 28.4 Å². The Kier molecular flexibility index (Phi) is 5.30. The average molecular weight is 325 g/mol. The Balaban J connectivity index is 3.45. The first kappa shape index (κ1) is 15.4. The molecule has 2 N–H and O–H groups in total. The SMILES string of the molecule is CN/C(C)=C(\C(C)=N)c1cc(Br)cc(C(=O)OC)c1. The molecular formula is C14H17BrN2O2. The van der Waals surface area contributed by atoms with Crippen LogP contribution in [0.4, 0.5) is 0 Å². The smallest absolute Gasteiger partial charge is 0.337 e. The lowest BCUT2D eigenvalue weighted by Gasteiger charge is -2.13. The van der Waals surface area contributed by atoms with Gasteiger partial charge in [-0.3, -0.25) is 0 Å². The first-order valence-corrected chi connectivity index (χ1v) is 6.53. The van der Waals surface area contributed by atoms with Crippen LogP contribution in [-0.2, 0) is 4.74 Å². The molecule has 0 aromatic heterocycles. The number of halogens is 1. The summed E-state index contributed by atoms with van der Waals surface area (Å²) in [6.45, 7) is 3.61. The molecule has 19 heavy (non-hydrogen) atoms. The number of hydrogen-bond donors (Lipinski definition) is 2. The van der Waals surface area contributed by atoms with Gasteiger partial charge in [-0.05, 0) is 37.6 Å². The van der Waals surface area contributed by atoms with Crippen LogP contribution >= 0.6 is 15.9 Å². The summed E-state index contributed by atoms with van der Waals surface area (Å²) >= 11 is 3.38. The average Bonchev–Trinajstić information content (AvgIpc) is 2.36. The van der Waals surface area contributed by atoms with Crippen molar-refractivity contribution < 1.29 is 9.53 Å². The van der Waals surface area contributed by atoms with E-state index in [1.807, 2.05) is 13.0 Å². The minimum absolute atomic E-state index is 0.397. The molecule has 102 valence electrons. The molecule has 1 aromatic carbocycles. The second-order valence-electron chi connectivity index (χ2n) is 4.10. The van der Waals surface area contributed by atoms with Crippen LogP contribution in [-0.4, -0.2) is 25.8 Å². The Morgan fingerprint density at radius 3 is 2.32 bits per heavy atom. The Bertz CT molecular complexity index is 550. The van der Waals surface area contributed by atoms with E-state index in [-0.39, 0.29) is 0 Å². The first-order valence-electron chi connectivity index (χ1n) is 5.74. The summed E-state index contributed by atoms with van der Waals surface area (Å²) in [4.78, 5) is 11.6. The van der Waals surface area contributed by atoms with Crippen LogP contribution in [0.2, 0.25) is 0 Å². The number of hydrogen-bond acceptors (Lipinski definition) is 4. The number of ether oxygens (including phenoxy) is 1. The minimum atomic E-state index is -0.397. The Hall–Kier alpha value is -1.62. The summed E-state index contributed by atoms with van der Waals surface area (Å²) in [7, 11) is 3.15. The molecule has 0 fully saturated rings. The van der Waals surface area contributed by atoms with Crippen molar-refractivity contribution in [1.29, 1.82) is 5.41 Å². The van der Waals surface area contributed by atoms with Crippen molar-refractivity contribution in [2.45, 2.75) is 13.8 Å². The molecule has 0 saturated carbocycles. The fourth-order valence-corrected chi connectivity index (χ4v) is 2.30. The van der Waals surface area contributed by atoms with Gasteiger partial charge in [-0.2, -0.15) is 0 Å². The number of nitrogens with one attached hydrogen (secondary N) is 2. The zero-order valence-corrected chi connectivity index (χ0v) is 13.0. The highest BCUT2D eigenvalue weighted by Crippen LogP contribution is 2.25. The normalized spacial score (nSPS) is 11.6. The second kappa shape index (κ2) is 6.52. The van der Waals surface area contributed by atoms with Gasteiger partial charge in [-0.25, -0.2) is 4.79 Å². The van der Waals surface area contributed by atoms with E-state index in [9.17, 15) is 4.79 Å². The van der Waals surface area contributed by atoms with Gasteiger partial charge < -0.3 is 15.5 Å². The van der Waals surface area contributed by atoms with E-state index in [0.29, 0.717) is 11.3 Å². The largest absolute Gasteiger partial charge is 0.465 e. The van der Waals surface area contributed by atoms with E-state index >= 15 is 0 Å². The summed E-state index contributed by atoms with van der Waals surface area (Å²) in [5.74, 6) is -0.397. The Morgan fingerprint density at radius 1 is 1.26 bits per heavy atom. The summed E-state index contributed by atoms with van der Waals surface area (Å²) in [5.41, 5.74) is 3.33. The van der Waals surface area contributed by atoms with Gasteiger partial charge in [0, 0.05) is 28.5 Å². The lowest BCUT2D eigenvalue weighted by Crippen LogP contribution is -2.10. The highest BCUT2D eigenvalue weighted by molar-refractivity contribution is 9.10. The molecule has 0 bridgehead atoms. The molecular weight excluding hydrogens is 308 g/mol. The van der Waals surface area contributed by atoms with Gasteiger partial charge in [0.1, 0.15) is 0 Å². The van der Waals surface area contributed by atoms with E-state index in [2.05, 4.69) is 21.2 Å². The zero-order valence-electron chi connectivity index (χ0n) is 11.4. The molecule has 5 heteroatoms. The highest BCUT2D eigenvalue weighted by atomic mass is 79.9. The van der Waals surface area contributed by atoms with Crippen molar-refractivity contribution in [3.05, 3.63) is 39.5 Å². The summed E-state index contributed by atoms with van der Waals surface area (Å²) < 4.78 is 5.50. The van der Waals surface area contributed by atoms with Gasteiger partial charge in [-0.1, -0.05) is 15.9 Å². The number of allylic oxidation sites excluding steroid dienone is 2. The van der Waals surface area contributed by atoms with Crippen LogP contribution in [0.5, 0.6) is 0 Å². The minimum Gasteiger partial charge on any atom is -0.465 e. The molecule has 0 atom stereocenters. The predicted molar refractivity (Wildman–Crippen MR) is 80.5 cm³/mol. The lowest BCUT2D eigenvalue weighted by molar-refractivity contribution is 0.0600. The van der Waals surface area contributed by atoms with Gasteiger partial charge >= 0.3 is 5.97 Å². The molecule has 0 saturated heterocycles. The van der Waals surface area contributed by atoms with Crippen molar-refractivity contribution in [1.82, 2.24) is 5.32 Å². The van der Waals surface area contributed by atoms with Crippen LogP contribution in [0.1, 0.15) is 29.8 Å². The van der Waals surface area contributed by atoms with Gasteiger partial charge in [0.2, 0.25) is 0 Å². The maximum absolute atomic E-state index is 11.6. The monoisotopic (exact) mass is 324 g/mol. The molecule has 0 radical (unpaired) electrons. The van der Waals surface area contributed by atoms with E-state index in [0.717, 1.165) is 21.3 Å². The van der Waals surface area contributed by atoms with Crippen LogP contribution in [0.25, 0.3) is 5.57 Å². The van der Waals surface area contributed by atoms with Gasteiger partial charge in [0.15, 0.2) is 0 Å². The summed E-state index contributed by atoms with van der Waals surface area (Å²) in [5, 5.41) is 10.9. The fraction of sp³-hybridized carbons (Fsp3) is 0.286. The van der Waals surface area contributed by atoms with E-state index in [1.54, 1.807) is 26.1 Å². The highest BCUT2D eigenvalue weighted by Gasteiger charge is 2.13. The Morgan fingerprint density at radius 2 is 1.84 bits per heavy atom. The molecule has 0 spiro atoms. The van der Waals surface area contributed by atoms with Crippen LogP contribution < -0.4 is 5.32 Å². The molecule has 1 aromatic rings. The topological polar surface area (TPSA) is 62.2 Å². The number of carbonyl (C=O) groups is 1. The quantitative estimate of drug-likeness (QED) is 0.660. The van der Waals surface area contributed by atoms with Crippen molar-refractivity contribution in [2.24, 2.45) is 0 Å². The Labute approximate surface area is 121 Å². The first-order chi connectivity index (χ1) is 8.90. The number of methoxy groups -OCH3 is 1. The van der Waals surface area contributed by atoms with Gasteiger partial charge in [0.25, 0.3) is 0 Å². The molecule has 0 unspecified atom stereocenters. The van der Waals surface area contributed by atoms with Gasteiger partial charge in [0.05, 0.1) is 12.7 Å². The fourth-order valence-electron chi connectivity index (χ4n) is 1.81. The molecule has 0 amide bonds. The third kappa shape index (κ3) is 3.67. The molecule has 4 nitrogen and oxygen atoms in total. The summed E-state index contributed by atoms with van der Waals surface area (Å²) in [6.07, 6.45) is 0. The maximum atomic E-state index is 11.6. The molecule has 0 heterocycles. The third-order valence-electron chi connectivity index (χ3n) is 2.73. The number of esters is 1. The van der Waals surface area contributed by atoms with E-state index in [1.165, 1.54) is 7.11 Å². The summed E-state index contributed by atoms with van der Waals surface area (Å²) in [6, 6.07) is 5.30. The van der Waals surface area contributed by atoms with E-state index in [4.69, 9.17) is 10.1 Å². The van der Waals surface area contributed by atoms with Crippen molar-refractivity contribution in [2.75, 3.05) is 14.2 Å². The van der Waals surface area contributed by atoms with Crippen molar-refractivity contribution >= 4 is 33.2 Å². The van der Waals surface area contributed by atoms with Crippen LogP contribution in [0, 0.1) is 5.41 Å². The molecule has 0 aliphatic rings. The lowest BCUT2D eigenvalue weighted by atomic mass is 9.98. The van der Waals surface area contributed by atoms with Crippen molar-refractivity contribution in [3.8, 4) is 0 Å². The molecule has 0 aliphatic heterocycles. The maximum Gasteiger partial charge on any atom is 0.337 e. The van der Waals surface area contributed by atoms with Crippen molar-refractivity contribution in [3.63, 3.8) is 0 Å². The van der Waals surface area contributed by atoms with Gasteiger partial charge in [-0.15, -0.1) is 0 Å². The number of carbonyl (C=O) groups excluding carboxylic acids is 1. The molecule has 0 aliphatic carbocycles. The zero-order chi connectivity index (χ0) is 14.6. The van der Waals surface area contributed by atoms with Crippen LogP contribution in [0.3, 0.4) is 0 Å². The van der Waals surface area contributed by atoms with E-state index < -0.39 is 5.97 Å².